The molecule has 2 fully saturated rings. The number of rotatable bonds is 2. The Morgan fingerprint density at radius 2 is 1.93 bits per heavy atom. The number of carboxylic acids is 1. The number of hydrogen-bond acceptors (Lipinski definition) is 3. The van der Waals surface area contributed by atoms with Crippen LogP contribution in [0.5, 0.6) is 0 Å². The van der Waals surface area contributed by atoms with E-state index in [-0.39, 0.29) is 5.92 Å². The van der Waals surface area contributed by atoms with Crippen LogP contribution in [0.25, 0.3) is 0 Å². The smallest absolute Gasteiger partial charge is 0.309 e. The van der Waals surface area contributed by atoms with E-state index in [0.29, 0.717) is 18.9 Å². The van der Waals surface area contributed by atoms with Crippen LogP contribution in [0, 0.1) is 11.8 Å². The first-order chi connectivity index (χ1) is 7.14. The SMILES string of the molecule is CC1(C2CCOCC2)OCCC1C(=O)O. The second-order valence-electron chi connectivity index (χ2n) is 4.60. The average Bonchev–Trinajstić information content (AvgIpc) is 2.63. The zero-order valence-corrected chi connectivity index (χ0v) is 9.07. The van der Waals surface area contributed by atoms with Gasteiger partial charge in [0.1, 0.15) is 0 Å². The molecule has 0 aromatic carbocycles. The minimum atomic E-state index is -0.721. The van der Waals surface area contributed by atoms with Gasteiger partial charge in [-0.2, -0.15) is 0 Å². The van der Waals surface area contributed by atoms with Gasteiger partial charge in [-0.25, -0.2) is 0 Å². The molecule has 2 aliphatic heterocycles. The Hall–Kier alpha value is -0.610. The van der Waals surface area contributed by atoms with Crippen molar-refractivity contribution in [2.24, 2.45) is 11.8 Å². The number of ether oxygens (including phenoxy) is 2. The van der Waals surface area contributed by atoms with Gasteiger partial charge >= 0.3 is 5.97 Å². The van der Waals surface area contributed by atoms with Gasteiger partial charge in [-0.15, -0.1) is 0 Å². The molecule has 0 aliphatic carbocycles. The van der Waals surface area contributed by atoms with E-state index in [4.69, 9.17) is 14.6 Å². The Kier molecular flexibility index (Phi) is 2.98. The lowest BCUT2D eigenvalue weighted by Crippen LogP contribution is -2.45. The maximum Gasteiger partial charge on any atom is 0.309 e. The Morgan fingerprint density at radius 1 is 1.27 bits per heavy atom. The van der Waals surface area contributed by atoms with E-state index >= 15 is 0 Å². The fraction of sp³-hybridized carbons (Fsp3) is 0.909. The van der Waals surface area contributed by atoms with Crippen LogP contribution in [0.15, 0.2) is 0 Å². The number of aliphatic carboxylic acids is 1. The van der Waals surface area contributed by atoms with Crippen molar-refractivity contribution in [3.05, 3.63) is 0 Å². The molecule has 15 heavy (non-hydrogen) atoms. The van der Waals surface area contributed by atoms with Crippen molar-refractivity contribution in [3.63, 3.8) is 0 Å². The van der Waals surface area contributed by atoms with Crippen LogP contribution < -0.4 is 0 Å². The number of carbonyl (C=O) groups is 1. The molecule has 86 valence electrons. The van der Waals surface area contributed by atoms with E-state index in [2.05, 4.69) is 0 Å². The summed E-state index contributed by atoms with van der Waals surface area (Å²) < 4.78 is 11.0. The van der Waals surface area contributed by atoms with Crippen molar-refractivity contribution in [2.45, 2.75) is 31.8 Å². The highest BCUT2D eigenvalue weighted by molar-refractivity contribution is 5.72. The zero-order valence-electron chi connectivity index (χ0n) is 9.07. The molecule has 0 radical (unpaired) electrons. The van der Waals surface area contributed by atoms with Crippen LogP contribution in [0.2, 0.25) is 0 Å². The maximum atomic E-state index is 11.1. The highest BCUT2D eigenvalue weighted by Crippen LogP contribution is 2.42. The minimum Gasteiger partial charge on any atom is -0.481 e. The summed E-state index contributed by atoms with van der Waals surface area (Å²) in [7, 11) is 0. The molecule has 0 aromatic heterocycles. The summed E-state index contributed by atoms with van der Waals surface area (Å²) in [5.41, 5.74) is -0.477. The topological polar surface area (TPSA) is 55.8 Å². The predicted octanol–water partition coefficient (Wildman–Crippen LogP) is 1.29. The largest absolute Gasteiger partial charge is 0.481 e. The molecule has 2 aliphatic rings. The summed E-state index contributed by atoms with van der Waals surface area (Å²) in [6.07, 6.45) is 2.48. The molecule has 2 heterocycles. The molecule has 0 saturated carbocycles. The first-order valence-electron chi connectivity index (χ1n) is 5.59. The summed E-state index contributed by atoms with van der Waals surface area (Å²) in [5.74, 6) is -0.739. The van der Waals surface area contributed by atoms with Gasteiger partial charge in [-0.3, -0.25) is 4.79 Å². The van der Waals surface area contributed by atoms with Gasteiger partial charge in [0, 0.05) is 19.8 Å². The van der Waals surface area contributed by atoms with Gasteiger partial charge in [0.15, 0.2) is 0 Å². The van der Waals surface area contributed by atoms with E-state index in [9.17, 15) is 4.79 Å². The van der Waals surface area contributed by atoms with Gasteiger partial charge in [0.25, 0.3) is 0 Å². The third-order valence-corrected chi connectivity index (χ3v) is 3.84. The maximum absolute atomic E-state index is 11.1. The summed E-state index contributed by atoms with van der Waals surface area (Å²) in [4.78, 5) is 11.1. The lowest BCUT2D eigenvalue weighted by molar-refractivity contribution is -0.153. The zero-order chi connectivity index (χ0) is 10.9. The van der Waals surface area contributed by atoms with Crippen LogP contribution >= 0.6 is 0 Å². The summed E-state index contributed by atoms with van der Waals surface area (Å²) in [6, 6.07) is 0. The molecule has 2 atom stereocenters. The average molecular weight is 214 g/mol. The molecular formula is C11H18O4. The second-order valence-corrected chi connectivity index (χ2v) is 4.60. The van der Waals surface area contributed by atoms with Crippen LogP contribution in [-0.4, -0.2) is 36.5 Å². The molecule has 0 amide bonds. The monoisotopic (exact) mass is 214 g/mol. The fourth-order valence-electron chi connectivity index (χ4n) is 2.83. The minimum absolute atomic E-state index is 0.329. The van der Waals surface area contributed by atoms with Crippen molar-refractivity contribution >= 4 is 5.97 Å². The van der Waals surface area contributed by atoms with E-state index in [0.717, 1.165) is 26.1 Å². The van der Waals surface area contributed by atoms with Crippen LogP contribution in [0.4, 0.5) is 0 Å². The third kappa shape index (κ3) is 1.88. The first-order valence-corrected chi connectivity index (χ1v) is 5.59. The second kappa shape index (κ2) is 4.10. The number of hydrogen-bond donors (Lipinski definition) is 1. The van der Waals surface area contributed by atoms with E-state index in [1.165, 1.54) is 0 Å². The van der Waals surface area contributed by atoms with Gasteiger partial charge in [0.2, 0.25) is 0 Å². The molecule has 2 saturated heterocycles. The van der Waals surface area contributed by atoms with Gasteiger partial charge in [-0.05, 0) is 32.1 Å². The Bertz CT molecular complexity index is 247. The lowest BCUT2D eigenvalue weighted by Gasteiger charge is -2.38. The standard InChI is InChI=1S/C11H18O4/c1-11(8-2-5-14-6-3-8)9(10(12)13)4-7-15-11/h8-9H,2-7H2,1H3,(H,12,13). The highest BCUT2D eigenvalue weighted by atomic mass is 16.5. The molecule has 4 heteroatoms. The fourth-order valence-corrected chi connectivity index (χ4v) is 2.83. The molecule has 0 bridgehead atoms. The van der Waals surface area contributed by atoms with Crippen molar-refractivity contribution < 1.29 is 19.4 Å². The van der Waals surface area contributed by atoms with Crippen LogP contribution in [0.1, 0.15) is 26.2 Å². The lowest BCUT2D eigenvalue weighted by atomic mass is 9.75. The molecule has 2 rings (SSSR count). The van der Waals surface area contributed by atoms with E-state index in [1.54, 1.807) is 0 Å². The van der Waals surface area contributed by atoms with Crippen molar-refractivity contribution in [3.8, 4) is 0 Å². The quantitative estimate of drug-likeness (QED) is 0.752. The summed E-state index contributed by atoms with van der Waals surface area (Å²) in [6.45, 7) is 3.99. The normalized spacial score (nSPS) is 38.1. The highest BCUT2D eigenvalue weighted by Gasteiger charge is 2.49. The van der Waals surface area contributed by atoms with Crippen molar-refractivity contribution in [1.29, 1.82) is 0 Å². The van der Waals surface area contributed by atoms with Gasteiger partial charge < -0.3 is 14.6 Å². The van der Waals surface area contributed by atoms with E-state index < -0.39 is 11.6 Å². The molecule has 0 spiro atoms. The van der Waals surface area contributed by atoms with Crippen molar-refractivity contribution in [1.82, 2.24) is 0 Å². The van der Waals surface area contributed by atoms with Crippen molar-refractivity contribution in [2.75, 3.05) is 19.8 Å². The Morgan fingerprint density at radius 3 is 2.53 bits per heavy atom. The molecule has 4 nitrogen and oxygen atoms in total. The van der Waals surface area contributed by atoms with Crippen LogP contribution in [-0.2, 0) is 14.3 Å². The van der Waals surface area contributed by atoms with Gasteiger partial charge in [-0.1, -0.05) is 0 Å². The Balaban J connectivity index is 2.12. The van der Waals surface area contributed by atoms with Crippen LogP contribution in [0.3, 0.4) is 0 Å². The predicted molar refractivity (Wildman–Crippen MR) is 53.6 cm³/mol. The van der Waals surface area contributed by atoms with E-state index in [1.807, 2.05) is 6.92 Å². The summed E-state index contributed by atoms with van der Waals surface area (Å²) >= 11 is 0. The molecule has 2 unspecified atom stereocenters. The van der Waals surface area contributed by atoms with Gasteiger partial charge in [0.05, 0.1) is 11.5 Å². The first kappa shape index (κ1) is 10.9. The summed E-state index contributed by atoms with van der Waals surface area (Å²) in [5, 5.41) is 9.17. The number of carboxylic acid groups (broad SMARTS) is 1. The molecule has 1 N–H and O–H groups in total. The molecular weight excluding hydrogens is 196 g/mol. The molecule has 0 aromatic rings. The third-order valence-electron chi connectivity index (χ3n) is 3.84. The Labute approximate surface area is 89.6 Å².